The van der Waals surface area contributed by atoms with Crippen molar-refractivity contribution in [3.05, 3.63) is 59.9 Å². The second-order valence-corrected chi connectivity index (χ2v) is 5.15. The van der Waals surface area contributed by atoms with Crippen LogP contribution in [-0.2, 0) is 11.3 Å². The van der Waals surface area contributed by atoms with Crippen molar-refractivity contribution in [3.8, 4) is 11.5 Å². The van der Waals surface area contributed by atoms with Crippen LogP contribution in [0.3, 0.4) is 0 Å². The molecular weight excluding hydrogens is 285 g/mol. The van der Waals surface area contributed by atoms with Gasteiger partial charge in [-0.25, -0.2) is 4.39 Å². The van der Waals surface area contributed by atoms with E-state index < -0.39 is 6.10 Å². The molecule has 0 spiro atoms. The molecule has 0 aromatic heterocycles. The molecule has 114 valence electrons. The molecule has 22 heavy (non-hydrogen) atoms. The van der Waals surface area contributed by atoms with Gasteiger partial charge < -0.3 is 14.8 Å². The third-order valence-corrected chi connectivity index (χ3v) is 3.48. The van der Waals surface area contributed by atoms with E-state index in [2.05, 4.69) is 5.32 Å². The Hall–Kier alpha value is -2.56. The lowest BCUT2D eigenvalue weighted by Crippen LogP contribution is -2.48. The highest BCUT2D eigenvalue weighted by Crippen LogP contribution is 2.33. The molecule has 0 fully saturated rings. The van der Waals surface area contributed by atoms with E-state index >= 15 is 0 Å². The number of hydrogen-bond donors (Lipinski definition) is 1. The van der Waals surface area contributed by atoms with Gasteiger partial charge in [0.05, 0.1) is 0 Å². The SMILES string of the molecule is CC1Oc2ccccc2OC1C(=O)NCc1ccc(F)cc1. The highest BCUT2D eigenvalue weighted by molar-refractivity contribution is 5.82. The summed E-state index contributed by atoms with van der Waals surface area (Å²) in [5.74, 6) is 0.635. The zero-order valence-electron chi connectivity index (χ0n) is 12.1. The summed E-state index contributed by atoms with van der Waals surface area (Å²) < 4.78 is 24.3. The molecule has 0 saturated carbocycles. The highest BCUT2D eigenvalue weighted by atomic mass is 19.1. The summed E-state index contributed by atoms with van der Waals surface area (Å²) in [6, 6.07) is 13.2. The number of carbonyl (C=O) groups excluding carboxylic acids is 1. The normalized spacial score (nSPS) is 19.5. The topological polar surface area (TPSA) is 47.6 Å². The van der Waals surface area contributed by atoms with Crippen molar-refractivity contribution >= 4 is 5.91 Å². The van der Waals surface area contributed by atoms with Crippen molar-refractivity contribution in [2.45, 2.75) is 25.7 Å². The number of para-hydroxylation sites is 2. The summed E-state index contributed by atoms with van der Waals surface area (Å²) in [7, 11) is 0. The third-order valence-electron chi connectivity index (χ3n) is 3.48. The van der Waals surface area contributed by atoms with E-state index in [4.69, 9.17) is 9.47 Å². The zero-order chi connectivity index (χ0) is 15.5. The van der Waals surface area contributed by atoms with Gasteiger partial charge in [0, 0.05) is 6.54 Å². The Morgan fingerprint density at radius 3 is 2.41 bits per heavy atom. The standard InChI is InChI=1S/C17H16FNO3/c1-11-16(22-15-5-3-2-4-14(15)21-11)17(20)19-10-12-6-8-13(18)9-7-12/h2-9,11,16H,10H2,1H3,(H,19,20). The van der Waals surface area contributed by atoms with Crippen LogP contribution in [0.1, 0.15) is 12.5 Å². The first kappa shape index (κ1) is 14.4. The first-order chi connectivity index (χ1) is 10.6. The van der Waals surface area contributed by atoms with E-state index in [-0.39, 0.29) is 17.8 Å². The van der Waals surface area contributed by atoms with Crippen LogP contribution in [0.25, 0.3) is 0 Å². The van der Waals surface area contributed by atoms with E-state index in [0.717, 1.165) is 5.56 Å². The van der Waals surface area contributed by atoms with Crippen LogP contribution in [0.2, 0.25) is 0 Å². The second-order valence-electron chi connectivity index (χ2n) is 5.15. The largest absolute Gasteiger partial charge is 0.482 e. The van der Waals surface area contributed by atoms with Gasteiger partial charge in [0.2, 0.25) is 6.10 Å². The predicted octanol–water partition coefficient (Wildman–Crippen LogP) is 2.67. The molecule has 0 aliphatic carbocycles. The van der Waals surface area contributed by atoms with Gasteiger partial charge in [0.25, 0.3) is 5.91 Å². The monoisotopic (exact) mass is 301 g/mol. The number of fused-ring (bicyclic) bond motifs is 1. The first-order valence-corrected chi connectivity index (χ1v) is 7.08. The lowest BCUT2D eigenvalue weighted by molar-refractivity contribution is -0.133. The second kappa shape index (κ2) is 6.05. The Bertz CT molecular complexity index is 672. The van der Waals surface area contributed by atoms with Crippen LogP contribution in [0.5, 0.6) is 11.5 Å². The maximum atomic E-state index is 12.8. The summed E-state index contributed by atoms with van der Waals surface area (Å²) in [6.45, 7) is 2.10. The van der Waals surface area contributed by atoms with Crippen LogP contribution in [-0.4, -0.2) is 18.1 Å². The summed E-state index contributed by atoms with van der Waals surface area (Å²) >= 11 is 0. The molecule has 2 unspecified atom stereocenters. The maximum Gasteiger partial charge on any atom is 0.265 e. The third kappa shape index (κ3) is 3.03. The van der Waals surface area contributed by atoms with Crippen LogP contribution in [0.4, 0.5) is 4.39 Å². The van der Waals surface area contributed by atoms with E-state index in [1.165, 1.54) is 12.1 Å². The Morgan fingerprint density at radius 1 is 1.09 bits per heavy atom. The molecule has 3 rings (SSSR count). The molecule has 0 saturated heterocycles. The minimum Gasteiger partial charge on any atom is -0.482 e. The molecule has 1 aliphatic rings. The number of carbonyl (C=O) groups is 1. The van der Waals surface area contributed by atoms with Gasteiger partial charge in [-0.2, -0.15) is 0 Å². The van der Waals surface area contributed by atoms with Gasteiger partial charge >= 0.3 is 0 Å². The van der Waals surface area contributed by atoms with Crippen LogP contribution in [0, 0.1) is 5.82 Å². The Labute approximate surface area is 127 Å². The molecule has 0 radical (unpaired) electrons. The number of halogens is 1. The molecular formula is C17H16FNO3. The van der Waals surface area contributed by atoms with Gasteiger partial charge in [-0.15, -0.1) is 0 Å². The molecule has 2 aromatic rings. The number of amides is 1. The van der Waals surface area contributed by atoms with Crippen molar-refractivity contribution in [2.75, 3.05) is 0 Å². The van der Waals surface area contributed by atoms with Crippen LogP contribution in [0.15, 0.2) is 48.5 Å². The van der Waals surface area contributed by atoms with Gasteiger partial charge in [0.15, 0.2) is 11.5 Å². The molecule has 2 atom stereocenters. The van der Waals surface area contributed by atoms with Crippen LogP contribution < -0.4 is 14.8 Å². The molecule has 0 bridgehead atoms. The highest BCUT2D eigenvalue weighted by Gasteiger charge is 2.33. The molecule has 4 nitrogen and oxygen atoms in total. The summed E-state index contributed by atoms with van der Waals surface area (Å²) in [4.78, 5) is 12.3. The number of rotatable bonds is 3. The van der Waals surface area contributed by atoms with Crippen LogP contribution >= 0.6 is 0 Å². The fourth-order valence-corrected chi connectivity index (χ4v) is 2.30. The van der Waals surface area contributed by atoms with Gasteiger partial charge in [-0.1, -0.05) is 24.3 Å². The minimum absolute atomic E-state index is 0.258. The summed E-state index contributed by atoms with van der Waals surface area (Å²) in [5.41, 5.74) is 0.819. The van der Waals surface area contributed by atoms with Gasteiger partial charge in [0.1, 0.15) is 11.9 Å². The average Bonchev–Trinajstić information content (AvgIpc) is 2.53. The lowest BCUT2D eigenvalue weighted by Gasteiger charge is -2.31. The molecule has 1 heterocycles. The molecule has 1 aliphatic heterocycles. The Balaban J connectivity index is 1.64. The number of benzene rings is 2. The average molecular weight is 301 g/mol. The molecule has 2 aromatic carbocycles. The van der Waals surface area contributed by atoms with Crippen molar-refractivity contribution in [3.63, 3.8) is 0 Å². The van der Waals surface area contributed by atoms with Crippen molar-refractivity contribution in [1.82, 2.24) is 5.32 Å². The van der Waals surface area contributed by atoms with E-state index in [1.54, 1.807) is 31.2 Å². The van der Waals surface area contributed by atoms with Gasteiger partial charge in [-0.05, 0) is 36.8 Å². The predicted molar refractivity (Wildman–Crippen MR) is 79.2 cm³/mol. The summed E-state index contributed by atoms with van der Waals surface area (Å²) in [5, 5.41) is 2.78. The molecule has 1 amide bonds. The zero-order valence-corrected chi connectivity index (χ0v) is 12.1. The smallest absolute Gasteiger partial charge is 0.265 e. The number of ether oxygens (including phenoxy) is 2. The van der Waals surface area contributed by atoms with Crippen molar-refractivity contribution in [1.29, 1.82) is 0 Å². The summed E-state index contributed by atoms with van der Waals surface area (Å²) in [6.07, 6.45) is -1.10. The van der Waals surface area contributed by atoms with Crippen molar-refractivity contribution in [2.24, 2.45) is 0 Å². The first-order valence-electron chi connectivity index (χ1n) is 7.08. The van der Waals surface area contributed by atoms with E-state index in [0.29, 0.717) is 18.0 Å². The fraction of sp³-hybridized carbons (Fsp3) is 0.235. The van der Waals surface area contributed by atoms with Gasteiger partial charge in [-0.3, -0.25) is 4.79 Å². The maximum absolute atomic E-state index is 12.8. The van der Waals surface area contributed by atoms with E-state index in [9.17, 15) is 9.18 Å². The van der Waals surface area contributed by atoms with E-state index in [1.807, 2.05) is 12.1 Å². The number of hydrogen-bond acceptors (Lipinski definition) is 3. The molecule has 5 heteroatoms. The molecule has 1 N–H and O–H groups in total. The fourth-order valence-electron chi connectivity index (χ4n) is 2.30. The quantitative estimate of drug-likeness (QED) is 0.948. The minimum atomic E-state index is -0.713. The Kier molecular flexibility index (Phi) is 3.96. The van der Waals surface area contributed by atoms with Crippen molar-refractivity contribution < 1.29 is 18.7 Å². The lowest BCUT2D eigenvalue weighted by atomic mass is 10.1. The Morgan fingerprint density at radius 2 is 1.73 bits per heavy atom. The number of nitrogens with one attached hydrogen (secondary N) is 1.